The molecule has 0 saturated heterocycles. The quantitative estimate of drug-likeness (QED) is 0.473. The molecular formula is C24H27FN2O4. The fourth-order valence-electron chi connectivity index (χ4n) is 2.85. The molecule has 6 nitrogen and oxygen atoms in total. The summed E-state index contributed by atoms with van der Waals surface area (Å²) in [4.78, 5) is 37.9. The maximum atomic E-state index is 14.2. The fraction of sp³-hybridized carbons (Fsp3) is 0.292. The minimum absolute atomic E-state index is 0.104. The van der Waals surface area contributed by atoms with Crippen LogP contribution in [0.5, 0.6) is 0 Å². The summed E-state index contributed by atoms with van der Waals surface area (Å²) in [6.45, 7) is 5.67. The summed E-state index contributed by atoms with van der Waals surface area (Å²) in [7, 11) is 0. The van der Waals surface area contributed by atoms with Gasteiger partial charge in [0.05, 0.1) is 6.61 Å². The molecule has 0 bridgehead atoms. The van der Waals surface area contributed by atoms with E-state index in [4.69, 9.17) is 4.74 Å². The lowest BCUT2D eigenvalue weighted by atomic mass is 10.0. The number of carbonyl (C=O) groups excluding carboxylic acids is 3. The van der Waals surface area contributed by atoms with Crippen molar-refractivity contribution in [3.63, 3.8) is 0 Å². The number of benzene rings is 2. The van der Waals surface area contributed by atoms with E-state index < -0.39 is 29.6 Å². The zero-order valence-corrected chi connectivity index (χ0v) is 17.9. The summed E-state index contributed by atoms with van der Waals surface area (Å²) >= 11 is 0. The Morgan fingerprint density at radius 1 is 1.03 bits per heavy atom. The van der Waals surface area contributed by atoms with Gasteiger partial charge < -0.3 is 15.4 Å². The normalized spacial score (nSPS) is 12.2. The lowest BCUT2D eigenvalue weighted by molar-refractivity contribution is -0.147. The van der Waals surface area contributed by atoms with Crippen LogP contribution in [0.3, 0.4) is 0 Å². The summed E-state index contributed by atoms with van der Waals surface area (Å²) in [6, 6.07) is 13.3. The average molecular weight is 426 g/mol. The molecule has 0 aliphatic heterocycles. The van der Waals surface area contributed by atoms with Gasteiger partial charge >= 0.3 is 5.97 Å². The molecule has 0 aliphatic carbocycles. The molecule has 2 rings (SSSR count). The highest BCUT2D eigenvalue weighted by Crippen LogP contribution is 2.13. The first kappa shape index (κ1) is 23.8. The molecule has 31 heavy (non-hydrogen) atoms. The second-order valence-corrected chi connectivity index (χ2v) is 7.31. The number of hydrogen-bond acceptors (Lipinski definition) is 4. The highest BCUT2D eigenvalue weighted by molar-refractivity contribution is 6.06. The Balaban J connectivity index is 2.34. The number of hydrogen-bond donors (Lipinski definition) is 2. The van der Waals surface area contributed by atoms with Crippen LogP contribution in [-0.2, 0) is 14.3 Å². The molecule has 2 aromatic rings. The molecular weight excluding hydrogens is 399 g/mol. The molecule has 0 fully saturated rings. The van der Waals surface area contributed by atoms with Crippen molar-refractivity contribution >= 4 is 23.9 Å². The van der Waals surface area contributed by atoms with Gasteiger partial charge in [-0.1, -0.05) is 50.2 Å². The third-order valence-electron chi connectivity index (χ3n) is 4.32. The second-order valence-electron chi connectivity index (χ2n) is 7.31. The molecule has 0 aromatic heterocycles. The standard InChI is InChI=1S/C24H27FN2O4/c1-4-31-24(30)21(14-16(2)3)27-23(29)20(15-18-12-8-9-13-19(18)25)26-22(28)17-10-6-5-7-11-17/h5-13,15-16,21H,4,14H2,1-3H3,(H,26,28)(H,27,29)/b20-15+/t21-/m1/s1. The number of rotatable bonds is 9. The van der Waals surface area contributed by atoms with E-state index in [-0.39, 0.29) is 23.8 Å². The van der Waals surface area contributed by atoms with E-state index in [0.29, 0.717) is 12.0 Å². The van der Waals surface area contributed by atoms with Gasteiger partial charge in [0.25, 0.3) is 11.8 Å². The first-order valence-electron chi connectivity index (χ1n) is 10.1. The Morgan fingerprint density at radius 2 is 1.68 bits per heavy atom. The number of amides is 2. The van der Waals surface area contributed by atoms with Crippen molar-refractivity contribution in [2.24, 2.45) is 5.92 Å². The smallest absolute Gasteiger partial charge is 0.328 e. The van der Waals surface area contributed by atoms with Crippen LogP contribution in [0.2, 0.25) is 0 Å². The van der Waals surface area contributed by atoms with Gasteiger partial charge in [0.15, 0.2) is 0 Å². The van der Waals surface area contributed by atoms with Crippen molar-refractivity contribution in [2.75, 3.05) is 6.61 Å². The molecule has 0 saturated carbocycles. The molecule has 0 radical (unpaired) electrons. The molecule has 1 atom stereocenters. The first-order valence-corrected chi connectivity index (χ1v) is 10.1. The van der Waals surface area contributed by atoms with E-state index in [1.807, 2.05) is 13.8 Å². The SMILES string of the molecule is CCOC(=O)[C@@H](CC(C)C)NC(=O)/C(=C\c1ccccc1F)NC(=O)c1ccccc1. The zero-order chi connectivity index (χ0) is 22.8. The number of carbonyl (C=O) groups is 3. The Labute approximate surface area is 181 Å². The lowest BCUT2D eigenvalue weighted by Gasteiger charge is -2.20. The number of ether oxygens (including phenoxy) is 1. The second kappa shape index (κ2) is 11.6. The third kappa shape index (κ3) is 7.37. The summed E-state index contributed by atoms with van der Waals surface area (Å²) in [5.74, 6) is -2.26. The van der Waals surface area contributed by atoms with Crippen molar-refractivity contribution < 1.29 is 23.5 Å². The van der Waals surface area contributed by atoms with E-state index in [9.17, 15) is 18.8 Å². The summed E-state index contributed by atoms with van der Waals surface area (Å²) in [5, 5.41) is 5.14. The van der Waals surface area contributed by atoms with Gasteiger partial charge in [-0.15, -0.1) is 0 Å². The predicted octanol–water partition coefficient (Wildman–Crippen LogP) is 3.69. The molecule has 2 aromatic carbocycles. The van der Waals surface area contributed by atoms with Gasteiger partial charge in [-0.3, -0.25) is 9.59 Å². The van der Waals surface area contributed by atoms with Crippen molar-refractivity contribution in [2.45, 2.75) is 33.2 Å². The molecule has 0 heterocycles. The Kier molecular flexibility index (Phi) is 8.94. The molecule has 164 valence electrons. The lowest BCUT2D eigenvalue weighted by Crippen LogP contribution is -2.45. The molecule has 2 amide bonds. The number of nitrogens with one attached hydrogen (secondary N) is 2. The highest BCUT2D eigenvalue weighted by Gasteiger charge is 2.25. The van der Waals surface area contributed by atoms with E-state index >= 15 is 0 Å². The van der Waals surface area contributed by atoms with Gasteiger partial charge in [0.1, 0.15) is 17.6 Å². The van der Waals surface area contributed by atoms with E-state index in [2.05, 4.69) is 10.6 Å². The van der Waals surface area contributed by atoms with Gasteiger partial charge in [-0.2, -0.15) is 0 Å². The van der Waals surface area contributed by atoms with Crippen LogP contribution in [-0.4, -0.2) is 30.4 Å². The van der Waals surface area contributed by atoms with Gasteiger partial charge in [-0.25, -0.2) is 9.18 Å². The van der Waals surface area contributed by atoms with Crippen molar-refractivity contribution in [1.29, 1.82) is 0 Å². The molecule has 0 unspecified atom stereocenters. The summed E-state index contributed by atoms with van der Waals surface area (Å²) in [6.07, 6.45) is 1.59. The fourth-order valence-corrected chi connectivity index (χ4v) is 2.85. The summed E-state index contributed by atoms with van der Waals surface area (Å²) in [5.41, 5.74) is 0.272. The van der Waals surface area contributed by atoms with E-state index in [0.717, 1.165) is 0 Å². The zero-order valence-electron chi connectivity index (χ0n) is 17.9. The summed E-state index contributed by atoms with van der Waals surface area (Å²) < 4.78 is 19.2. The highest BCUT2D eigenvalue weighted by atomic mass is 19.1. The van der Waals surface area contributed by atoms with Crippen molar-refractivity contribution in [3.8, 4) is 0 Å². The Bertz CT molecular complexity index is 942. The maximum Gasteiger partial charge on any atom is 0.328 e. The minimum atomic E-state index is -0.898. The third-order valence-corrected chi connectivity index (χ3v) is 4.32. The largest absolute Gasteiger partial charge is 0.464 e. The number of esters is 1. The topological polar surface area (TPSA) is 84.5 Å². The van der Waals surface area contributed by atoms with Gasteiger partial charge in [0.2, 0.25) is 0 Å². The molecule has 7 heteroatoms. The molecule has 0 spiro atoms. The maximum absolute atomic E-state index is 14.2. The monoisotopic (exact) mass is 426 g/mol. The van der Waals surface area contributed by atoms with Crippen LogP contribution < -0.4 is 10.6 Å². The van der Waals surface area contributed by atoms with E-state index in [1.54, 1.807) is 43.3 Å². The molecule has 0 aliphatic rings. The van der Waals surface area contributed by atoms with Crippen molar-refractivity contribution in [3.05, 3.63) is 77.2 Å². The Morgan fingerprint density at radius 3 is 2.29 bits per heavy atom. The minimum Gasteiger partial charge on any atom is -0.464 e. The average Bonchev–Trinajstić information content (AvgIpc) is 2.74. The first-order chi connectivity index (χ1) is 14.8. The number of halogens is 1. The van der Waals surface area contributed by atoms with E-state index in [1.165, 1.54) is 24.3 Å². The molecule has 2 N–H and O–H groups in total. The Hall–Kier alpha value is -3.48. The van der Waals surface area contributed by atoms with Crippen LogP contribution in [0.4, 0.5) is 4.39 Å². The van der Waals surface area contributed by atoms with Crippen LogP contribution >= 0.6 is 0 Å². The van der Waals surface area contributed by atoms with Gasteiger partial charge in [0, 0.05) is 11.1 Å². The van der Waals surface area contributed by atoms with Crippen LogP contribution in [0, 0.1) is 11.7 Å². The predicted molar refractivity (Wildman–Crippen MR) is 116 cm³/mol. The van der Waals surface area contributed by atoms with Gasteiger partial charge in [-0.05, 0) is 43.5 Å². The van der Waals surface area contributed by atoms with Crippen LogP contribution in [0.15, 0.2) is 60.3 Å². The van der Waals surface area contributed by atoms with Crippen molar-refractivity contribution in [1.82, 2.24) is 10.6 Å². The van der Waals surface area contributed by atoms with Crippen LogP contribution in [0.25, 0.3) is 6.08 Å². The van der Waals surface area contributed by atoms with Crippen LogP contribution in [0.1, 0.15) is 43.1 Å².